The molecule has 0 unspecified atom stereocenters. The lowest BCUT2D eigenvalue weighted by atomic mass is 9.75. The van der Waals surface area contributed by atoms with Crippen molar-refractivity contribution in [1.29, 1.82) is 0 Å². The third-order valence-corrected chi connectivity index (χ3v) is 4.83. The number of nitrogens with one attached hydrogen (secondary N) is 1. The van der Waals surface area contributed by atoms with E-state index in [9.17, 15) is 0 Å². The lowest BCUT2D eigenvalue weighted by molar-refractivity contribution is 0.270. The van der Waals surface area contributed by atoms with Crippen LogP contribution < -0.4 is 5.32 Å². The summed E-state index contributed by atoms with van der Waals surface area (Å²) in [6.45, 7) is 6.63. The maximum Gasteiger partial charge on any atom is 0.0296 e. The van der Waals surface area contributed by atoms with E-state index in [0.717, 1.165) is 5.92 Å². The lowest BCUT2D eigenvalue weighted by Crippen LogP contribution is -2.41. The van der Waals surface area contributed by atoms with Gasteiger partial charge < -0.3 is 5.32 Å². The Kier molecular flexibility index (Phi) is 4.12. The van der Waals surface area contributed by atoms with Crippen LogP contribution in [0.3, 0.4) is 0 Å². The van der Waals surface area contributed by atoms with E-state index in [1.54, 1.807) is 0 Å². The first-order valence-corrected chi connectivity index (χ1v) is 8.01. The Bertz CT molecular complexity index is 593. The number of hydrogen-bond donors (Lipinski definition) is 1. The summed E-state index contributed by atoms with van der Waals surface area (Å²) >= 11 is 0. The largest absolute Gasteiger partial charge is 0.307 e. The van der Waals surface area contributed by atoms with Gasteiger partial charge in [0.1, 0.15) is 0 Å². The summed E-state index contributed by atoms with van der Waals surface area (Å²) in [5, 5.41) is 3.78. The summed E-state index contributed by atoms with van der Waals surface area (Å²) in [7, 11) is 0. The van der Waals surface area contributed by atoms with Gasteiger partial charge in [-0.25, -0.2) is 0 Å². The minimum absolute atomic E-state index is 0.440. The van der Waals surface area contributed by atoms with Gasteiger partial charge in [-0.2, -0.15) is 0 Å². The van der Waals surface area contributed by atoms with Crippen LogP contribution in [-0.4, -0.2) is 6.04 Å². The molecule has 2 aromatic rings. The van der Waals surface area contributed by atoms with Gasteiger partial charge in [0.05, 0.1) is 0 Å². The molecular weight excluding hydrogens is 254 g/mol. The molecule has 0 heterocycles. The van der Waals surface area contributed by atoms with E-state index in [2.05, 4.69) is 74.6 Å². The van der Waals surface area contributed by atoms with Gasteiger partial charge in [0.2, 0.25) is 0 Å². The van der Waals surface area contributed by atoms with Crippen LogP contribution in [0.1, 0.15) is 54.0 Å². The molecule has 1 fully saturated rings. The summed E-state index contributed by atoms with van der Waals surface area (Å²) in [6, 6.07) is 18.8. The topological polar surface area (TPSA) is 12.0 Å². The third kappa shape index (κ3) is 3.19. The Morgan fingerprint density at radius 3 is 2.29 bits per heavy atom. The molecule has 1 atom stereocenters. The van der Waals surface area contributed by atoms with Crippen molar-refractivity contribution >= 4 is 0 Å². The molecule has 0 bridgehead atoms. The van der Waals surface area contributed by atoms with Gasteiger partial charge in [-0.1, -0.05) is 54.1 Å². The maximum absolute atomic E-state index is 3.78. The fraction of sp³-hybridized carbons (Fsp3) is 0.400. The van der Waals surface area contributed by atoms with Crippen LogP contribution in [0.15, 0.2) is 48.5 Å². The highest BCUT2D eigenvalue weighted by atomic mass is 15.0. The molecule has 0 spiro atoms. The van der Waals surface area contributed by atoms with Gasteiger partial charge in [0.15, 0.2) is 0 Å². The smallest absolute Gasteiger partial charge is 0.0296 e. The Balaban J connectivity index is 1.55. The average molecular weight is 279 g/mol. The molecule has 0 radical (unpaired) electrons. The van der Waals surface area contributed by atoms with E-state index in [0.29, 0.717) is 12.1 Å². The average Bonchev–Trinajstić information content (AvgIpc) is 2.44. The zero-order valence-corrected chi connectivity index (χ0v) is 13.3. The lowest BCUT2D eigenvalue weighted by Gasteiger charge is -2.38. The van der Waals surface area contributed by atoms with E-state index in [1.165, 1.54) is 35.1 Å². The van der Waals surface area contributed by atoms with Crippen LogP contribution in [-0.2, 0) is 0 Å². The van der Waals surface area contributed by atoms with Crippen molar-refractivity contribution in [2.45, 2.75) is 51.6 Å². The van der Waals surface area contributed by atoms with Crippen LogP contribution in [0.2, 0.25) is 0 Å². The number of benzene rings is 2. The van der Waals surface area contributed by atoms with E-state index >= 15 is 0 Å². The Morgan fingerprint density at radius 2 is 1.62 bits per heavy atom. The molecule has 21 heavy (non-hydrogen) atoms. The van der Waals surface area contributed by atoms with Crippen LogP contribution in [0.5, 0.6) is 0 Å². The van der Waals surface area contributed by atoms with Crippen molar-refractivity contribution < 1.29 is 0 Å². The molecule has 1 heteroatoms. The van der Waals surface area contributed by atoms with Crippen molar-refractivity contribution in [2.24, 2.45) is 0 Å². The summed E-state index contributed by atoms with van der Waals surface area (Å²) in [5.41, 5.74) is 5.66. The van der Waals surface area contributed by atoms with E-state index in [4.69, 9.17) is 0 Å². The van der Waals surface area contributed by atoms with Gasteiger partial charge in [0.25, 0.3) is 0 Å². The molecular formula is C20H25N. The molecule has 1 N–H and O–H groups in total. The molecule has 1 saturated carbocycles. The first-order valence-electron chi connectivity index (χ1n) is 8.01. The zero-order valence-electron chi connectivity index (χ0n) is 13.3. The highest BCUT2D eigenvalue weighted by molar-refractivity contribution is 5.29. The fourth-order valence-electron chi connectivity index (χ4n) is 3.38. The third-order valence-electron chi connectivity index (χ3n) is 4.83. The molecule has 1 nitrogen and oxygen atoms in total. The standard InChI is InChI=1S/C20H25N/c1-14-8-10-17(11-9-14)18-12-19(13-18)21-16(3)20-7-5-4-6-15(20)2/h4-11,16,18-19,21H,12-13H2,1-3H3/t16-,18?,19?/m0/s1. The summed E-state index contributed by atoms with van der Waals surface area (Å²) in [6.07, 6.45) is 2.53. The Morgan fingerprint density at radius 1 is 0.952 bits per heavy atom. The zero-order chi connectivity index (χ0) is 14.8. The fourth-order valence-corrected chi connectivity index (χ4v) is 3.38. The minimum Gasteiger partial charge on any atom is -0.307 e. The molecule has 2 aromatic carbocycles. The van der Waals surface area contributed by atoms with E-state index in [1.807, 2.05) is 0 Å². The normalized spacial score (nSPS) is 22.6. The quantitative estimate of drug-likeness (QED) is 0.839. The van der Waals surface area contributed by atoms with Gasteiger partial charge in [-0.3, -0.25) is 0 Å². The molecule has 110 valence electrons. The number of rotatable bonds is 4. The first kappa shape index (κ1) is 14.3. The second kappa shape index (κ2) is 6.03. The van der Waals surface area contributed by atoms with E-state index < -0.39 is 0 Å². The molecule has 0 aliphatic heterocycles. The summed E-state index contributed by atoms with van der Waals surface area (Å²) in [4.78, 5) is 0. The predicted molar refractivity (Wildman–Crippen MR) is 89.7 cm³/mol. The van der Waals surface area contributed by atoms with Crippen LogP contribution in [0.25, 0.3) is 0 Å². The summed E-state index contributed by atoms with van der Waals surface area (Å²) < 4.78 is 0. The van der Waals surface area contributed by atoms with Crippen molar-refractivity contribution in [3.63, 3.8) is 0 Å². The van der Waals surface area contributed by atoms with Crippen LogP contribution in [0.4, 0.5) is 0 Å². The van der Waals surface area contributed by atoms with Gasteiger partial charge in [-0.15, -0.1) is 0 Å². The van der Waals surface area contributed by atoms with Crippen molar-refractivity contribution in [2.75, 3.05) is 0 Å². The highest BCUT2D eigenvalue weighted by Crippen LogP contribution is 2.38. The number of hydrogen-bond acceptors (Lipinski definition) is 1. The van der Waals surface area contributed by atoms with Crippen LogP contribution in [0, 0.1) is 13.8 Å². The molecule has 0 saturated heterocycles. The first-order chi connectivity index (χ1) is 10.1. The van der Waals surface area contributed by atoms with Crippen molar-refractivity contribution in [1.82, 2.24) is 5.32 Å². The second-order valence-electron chi connectivity index (χ2n) is 6.52. The molecule has 1 aliphatic rings. The van der Waals surface area contributed by atoms with Gasteiger partial charge in [0, 0.05) is 12.1 Å². The summed E-state index contributed by atoms with van der Waals surface area (Å²) in [5.74, 6) is 0.743. The highest BCUT2D eigenvalue weighted by Gasteiger charge is 2.31. The Hall–Kier alpha value is -1.60. The van der Waals surface area contributed by atoms with E-state index in [-0.39, 0.29) is 0 Å². The van der Waals surface area contributed by atoms with Crippen molar-refractivity contribution in [3.05, 3.63) is 70.8 Å². The van der Waals surface area contributed by atoms with Crippen LogP contribution >= 0.6 is 0 Å². The molecule has 1 aliphatic carbocycles. The van der Waals surface area contributed by atoms with Gasteiger partial charge >= 0.3 is 0 Å². The Labute approximate surface area is 128 Å². The SMILES string of the molecule is Cc1ccc(C2CC(N[C@@H](C)c3ccccc3C)C2)cc1. The van der Waals surface area contributed by atoms with Crippen molar-refractivity contribution in [3.8, 4) is 0 Å². The second-order valence-corrected chi connectivity index (χ2v) is 6.52. The molecule has 0 amide bonds. The van der Waals surface area contributed by atoms with Gasteiger partial charge in [-0.05, 0) is 56.2 Å². The molecule has 0 aromatic heterocycles. The maximum atomic E-state index is 3.78. The number of aryl methyl sites for hydroxylation is 2. The monoisotopic (exact) mass is 279 g/mol. The minimum atomic E-state index is 0.440. The molecule has 3 rings (SSSR count). The predicted octanol–water partition coefficient (Wildman–Crippen LogP) is 4.90.